The van der Waals surface area contributed by atoms with Crippen LogP contribution in [-0.4, -0.2) is 46.6 Å². The van der Waals surface area contributed by atoms with E-state index in [9.17, 15) is 19.7 Å². The van der Waals surface area contributed by atoms with Crippen LogP contribution in [0.5, 0.6) is 5.75 Å². The molecule has 0 unspecified atom stereocenters. The molecule has 2 heterocycles. The van der Waals surface area contributed by atoms with Crippen molar-refractivity contribution < 1.29 is 24.4 Å². The topological polar surface area (TPSA) is 87.1 Å². The Balaban J connectivity index is 1.37. The standard InChI is InChI=1S/C29H34BNO5/c1-4-13-31-28(33)22-15-18(3)26-23(27(22)29(31)34)16-30(35)36-25(26)12-9-17(2)14-19-10-11-24(32)21-8-6-5-7-20(19)21/h5-8,10-11,14,22-23,25,27,32,35H,4,9,12-13,15-16H2,1-3H3/b17-14+/t22-,23+,25-,27-/m1/s1. The summed E-state index contributed by atoms with van der Waals surface area (Å²) < 4.78 is 6.03. The largest absolute Gasteiger partial charge is 0.507 e. The van der Waals surface area contributed by atoms with Gasteiger partial charge in [0.15, 0.2) is 0 Å². The summed E-state index contributed by atoms with van der Waals surface area (Å²) in [6, 6.07) is 11.5. The van der Waals surface area contributed by atoms with Crippen molar-refractivity contribution in [2.24, 2.45) is 17.8 Å². The van der Waals surface area contributed by atoms with Crippen LogP contribution >= 0.6 is 0 Å². The van der Waals surface area contributed by atoms with E-state index in [0.29, 0.717) is 25.7 Å². The number of aromatic hydroxyl groups is 1. The van der Waals surface area contributed by atoms with Crippen molar-refractivity contribution in [2.45, 2.75) is 58.9 Å². The highest BCUT2D eigenvalue weighted by atomic mass is 16.5. The maximum Gasteiger partial charge on any atom is 0.455 e. The van der Waals surface area contributed by atoms with Gasteiger partial charge in [-0.05, 0) is 74.4 Å². The van der Waals surface area contributed by atoms with Crippen molar-refractivity contribution in [1.29, 1.82) is 0 Å². The Hall–Kier alpha value is -2.90. The molecule has 7 heteroatoms. The zero-order chi connectivity index (χ0) is 25.6. The molecule has 2 aromatic rings. The lowest BCUT2D eigenvalue weighted by atomic mass is 9.59. The molecule has 6 nitrogen and oxygen atoms in total. The summed E-state index contributed by atoms with van der Waals surface area (Å²) in [5, 5.41) is 22.6. The average Bonchev–Trinajstić information content (AvgIpc) is 3.09. The van der Waals surface area contributed by atoms with Crippen LogP contribution in [0.3, 0.4) is 0 Å². The van der Waals surface area contributed by atoms with E-state index < -0.39 is 7.12 Å². The number of nitrogens with zero attached hydrogens (tertiary/aromatic N) is 1. The number of fused-ring (bicyclic) bond motifs is 4. The second-order valence-corrected chi connectivity index (χ2v) is 10.6. The Morgan fingerprint density at radius 3 is 2.64 bits per heavy atom. The third kappa shape index (κ3) is 4.29. The first-order valence-corrected chi connectivity index (χ1v) is 13.1. The fourth-order valence-corrected chi connectivity index (χ4v) is 6.56. The van der Waals surface area contributed by atoms with Crippen molar-refractivity contribution in [3.63, 3.8) is 0 Å². The molecule has 1 aliphatic carbocycles. The molecule has 0 aromatic heterocycles. The predicted octanol–water partition coefficient (Wildman–Crippen LogP) is 4.96. The van der Waals surface area contributed by atoms with Gasteiger partial charge in [-0.3, -0.25) is 14.5 Å². The normalized spacial score (nSPS) is 26.6. The van der Waals surface area contributed by atoms with Crippen LogP contribution in [0.4, 0.5) is 0 Å². The molecule has 0 bridgehead atoms. The molecule has 2 N–H and O–H groups in total. The van der Waals surface area contributed by atoms with Crippen molar-refractivity contribution in [3.8, 4) is 5.75 Å². The Bertz CT molecular complexity index is 1270. The van der Waals surface area contributed by atoms with Crippen molar-refractivity contribution in [2.75, 3.05) is 6.54 Å². The lowest BCUT2D eigenvalue weighted by molar-refractivity contribution is -0.140. The van der Waals surface area contributed by atoms with Crippen LogP contribution in [0, 0.1) is 17.8 Å². The molecule has 5 rings (SSSR count). The molecule has 36 heavy (non-hydrogen) atoms. The number of hydrogen-bond acceptors (Lipinski definition) is 5. The van der Waals surface area contributed by atoms with E-state index in [1.807, 2.05) is 37.3 Å². The second-order valence-electron chi connectivity index (χ2n) is 10.6. The van der Waals surface area contributed by atoms with E-state index in [2.05, 4.69) is 19.9 Å². The van der Waals surface area contributed by atoms with Crippen molar-refractivity contribution >= 4 is 35.8 Å². The lowest BCUT2D eigenvalue weighted by Gasteiger charge is -2.42. The van der Waals surface area contributed by atoms with E-state index in [-0.39, 0.29) is 41.4 Å². The first-order chi connectivity index (χ1) is 17.3. The molecule has 2 amide bonds. The predicted molar refractivity (Wildman–Crippen MR) is 141 cm³/mol. The Kier molecular flexibility index (Phi) is 6.79. The number of hydrogen-bond donors (Lipinski definition) is 2. The summed E-state index contributed by atoms with van der Waals surface area (Å²) in [6.45, 7) is 6.57. The lowest BCUT2D eigenvalue weighted by Crippen LogP contribution is -2.46. The number of carbonyl (C=O) groups excluding carboxylic acids is 2. The SMILES string of the molecule is CCCN1C(=O)[C@@H]2[C@@H](CC(C)=C3[C@@H](CC/C(C)=C/c4ccc(O)c5ccccc45)OB(O)C[C@@H]32)C1=O. The molecule has 0 spiro atoms. The molecule has 188 valence electrons. The van der Waals surface area contributed by atoms with E-state index in [1.165, 1.54) is 10.5 Å². The quantitative estimate of drug-likeness (QED) is 0.342. The van der Waals surface area contributed by atoms with Gasteiger partial charge in [-0.25, -0.2) is 0 Å². The molecule has 2 aromatic carbocycles. The third-order valence-electron chi connectivity index (χ3n) is 8.13. The number of imide groups is 1. The van der Waals surface area contributed by atoms with Crippen LogP contribution in [0.1, 0.15) is 52.0 Å². The van der Waals surface area contributed by atoms with E-state index >= 15 is 0 Å². The molecule has 0 saturated carbocycles. The van der Waals surface area contributed by atoms with Gasteiger partial charge in [0.1, 0.15) is 5.75 Å². The number of likely N-dealkylation sites (tertiary alicyclic amines) is 1. The highest BCUT2D eigenvalue weighted by molar-refractivity contribution is 6.43. The molecule has 2 aliphatic heterocycles. The molecule has 3 aliphatic rings. The highest BCUT2D eigenvalue weighted by Crippen LogP contribution is 2.50. The molecule has 2 saturated heterocycles. The van der Waals surface area contributed by atoms with Crippen LogP contribution in [0.2, 0.25) is 6.32 Å². The molecule has 4 atom stereocenters. The first-order valence-electron chi connectivity index (χ1n) is 13.1. The zero-order valence-electron chi connectivity index (χ0n) is 21.2. The molecular formula is C29H34BNO5. The van der Waals surface area contributed by atoms with Gasteiger partial charge in [-0.1, -0.05) is 54.5 Å². The number of allylic oxidation sites excluding steroid dienone is 2. The van der Waals surface area contributed by atoms with E-state index in [0.717, 1.165) is 40.3 Å². The third-order valence-corrected chi connectivity index (χ3v) is 8.13. The highest BCUT2D eigenvalue weighted by Gasteiger charge is 2.56. The number of phenolic OH excluding ortho intramolecular Hbond substituents is 1. The minimum atomic E-state index is -0.941. The van der Waals surface area contributed by atoms with Gasteiger partial charge in [0, 0.05) is 11.9 Å². The smallest absolute Gasteiger partial charge is 0.455 e. The fraction of sp³-hybridized carbons (Fsp3) is 0.448. The van der Waals surface area contributed by atoms with Gasteiger partial charge >= 0.3 is 7.12 Å². The summed E-state index contributed by atoms with van der Waals surface area (Å²) in [5.74, 6) is -0.711. The zero-order valence-corrected chi connectivity index (χ0v) is 21.2. The maximum atomic E-state index is 13.2. The minimum absolute atomic E-state index is 0.0531. The number of rotatable bonds is 6. The second kappa shape index (κ2) is 9.87. The first kappa shape index (κ1) is 24.8. The summed E-state index contributed by atoms with van der Waals surface area (Å²) in [7, 11) is -0.941. The van der Waals surface area contributed by atoms with Gasteiger partial charge < -0.3 is 14.8 Å². The summed E-state index contributed by atoms with van der Waals surface area (Å²) in [6.07, 6.45) is 5.01. The van der Waals surface area contributed by atoms with Crippen LogP contribution < -0.4 is 0 Å². The van der Waals surface area contributed by atoms with Gasteiger partial charge in [-0.15, -0.1) is 0 Å². The van der Waals surface area contributed by atoms with E-state index in [1.54, 1.807) is 6.07 Å². The average molecular weight is 487 g/mol. The fourth-order valence-electron chi connectivity index (χ4n) is 6.56. The Morgan fingerprint density at radius 2 is 1.89 bits per heavy atom. The molecule has 0 radical (unpaired) electrons. The number of amides is 2. The Morgan fingerprint density at radius 1 is 1.14 bits per heavy atom. The van der Waals surface area contributed by atoms with Gasteiger partial charge in [-0.2, -0.15) is 0 Å². The minimum Gasteiger partial charge on any atom is -0.507 e. The van der Waals surface area contributed by atoms with Crippen molar-refractivity contribution in [1.82, 2.24) is 4.90 Å². The number of benzene rings is 2. The van der Waals surface area contributed by atoms with Crippen LogP contribution in [0.15, 0.2) is 53.1 Å². The van der Waals surface area contributed by atoms with Crippen LogP contribution in [-0.2, 0) is 14.2 Å². The summed E-state index contributed by atoms with van der Waals surface area (Å²) in [5.41, 5.74) is 4.46. The number of carbonyl (C=O) groups is 2. The monoisotopic (exact) mass is 487 g/mol. The maximum absolute atomic E-state index is 13.2. The summed E-state index contributed by atoms with van der Waals surface area (Å²) >= 11 is 0. The van der Waals surface area contributed by atoms with Gasteiger partial charge in [0.25, 0.3) is 0 Å². The van der Waals surface area contributed by atoms with Crippen LogP contribution in [0.25, 0.3) is 16.8 Å². The van der Waals surface area contributed by atoms with Gasteiger partial charge in [0.2, 0.25) is 11.8 Å². The van der Waals surface area contributed by atoms with Gasteiger partial charge in [0.05, 0.1) is 17.9 Å². The molecular weight excluding hydrogens is 453 g/mol. The molecule has 2 fully saturated rings. The Labute approximate surface area is 212 Å². The van der Waals surface area contributed by atoms with E-state index in [4.69, 9.17) is 4.65 Å². The summed E-state index contributed by atoms with van der Waals surface area (Å²) in [4.78, 5) is 27.7. The number of phenols is 1. The van der Waals surface area contributed by atoms with Crippen molar-refractivity contribution in [3.05, 3.63) is 58.7 Å².